The van der Waals surface area contributed by atoms with Crippen molar-refractivity contribution in [2.24, 2.45) is 5.73 Å². The van der Waals surface area contributed by atoms with Crippen molar-refractivity contribution in [2.75, 3.05) is 13.7 Å². The SMILES string of the molecule is COCC(N)C(=O)NCc1nc(C)c(-c2ccc(Cl)cc2)o1.Cl. The average molecular weight is 360 g/mol. The Hall–Kier alpha value is -1.60. The highest BCUT2D eigenvalue weighted by molar-refractivity contribution is 6.30. The first-order valence-corrected chi connectivity index (χ1v) is 7.13. The fraction of sp³-hybridized carbons (Fsp3) is 0.333. The molecule has 1 aromatic heterocycles. The minimum absolute atomic E-state index is 0. The van der Waals surface area contributed by atoms with Crippen LogP contribution >= 0.6 is 24.0 Å². The fourth-order valence-corrected chi connectivity index (χ4v) is 2.07. The highest BCUT2D eigenvalue weighted by atomic mass is 35.5. The van der Waals surface area contributed by atoms with Crippen molar-refractivity contribution in [1.29, 1.82) is 0 Å². The van der Waals surface area contributed by atoms with E-state index in [1.165, 1.54) is 7.11 Å². The van der Waals surface area contributed by atoms with Crippen LogP contribution in [0.25, 0.3) is 11.3 Å². The van der Waals surface area contributed by atoms with Crippen LogP contribution in [-0.2, 0) is 16.1 Å². The predicted molar refractivity (Wildman–Crippen MR) is 90.6 cm³/mol. The maximum atomic E-state index is 11.7. The number of halogens is 2. The summed E-state index contributed by atoms with van der Waals surface area (Å²) in [7, 11) is 1.49. The molecule has 1 unspecified atom stereocenters. The molecule has 126 valence electrons. The van der Waals surface area contributed by atoms with E-state index in [-0.39, 0.29) is 31.5 Å². The Bertz CT molecular complexity index is 644. The van der Waals surface area contributed by atoms with E-state index < -0.39 is 6.04 Å². The Morgan fingerprint density at radius 2 is 2.09 bits per heavy atom. The molecule has 0 aliphatic rings. The van der Waals surface area contributed by atoms with E-state index >= 15 is 0 Å². The summed E-state index contributed by atoms with van der Waals surface area (Å²) in [6.45, 7) is 2.17. The number of carbonyl (C=O) groups is 1. The van der Waals surface area contributed by atoms with Gasteiger partial charge in [-0.1, -0.05) is 11.6 Å². The second-order valence-electron chi connectivity index (χ2n) is 4.81. The third-order valence-electron chi connectivity index (χ3n) is 3.04. The Kier molecular flexibility index (Phi) is 7.51. The second kappa shape index (κ2) is 8.88. The molecule has 23 heavy (non-hydrogen) atoms. The zero-order valence-corrected chi connectivity index (χ0v) is 14.4. The number of carbonyl (C=O) groups excluding carboxylic acids is 1. The first-order valence-electron chi connectivity index (χ1n) is 6.75. The molecular formula is C15H19Cl2N3O3. The number of oxazole rings is 1. The number of nitrogens with two attached hydrogens (primary N) is 1. The summed E-state index contributed by atoms with van der Waals surface area (Å²) < 4.78 is 10.5. The van der Waals surface area contributed by atoms with Crippen LogP contribution in [0.15, 0.2) is 28.7 Å². The number of hydrogen-bond acceptors (Lipinski definition) is 5. The van der Waals surface area contributed by atoms with E-state index in [4.69, 9.17) is 26.5 Å². The lowest BCUT2D eigenvalue weighted by molar-refractivity contribution is -0.123. The third-order valence-corrected chi connectivity index (χ3v) is 3.30. The molecule has 1 amide bonds. The van der Waals surface area contributed by atoms with Gasteiger partial charge in [0.1, 0.15) is 6.04 Å². The van der Waals surface area contributed by atoms with Crippen molar-refractivity contribution >= 4 is 29.9 Å². The minimum atomic E-state index is -0.711. The van der Waals surface area contributed by atoms with E-state index in [1.807, 2.05) is 19.1 Å². The van der Waals surface area contributed by atoms with Crippen LogP contribution in [-0.4, -0.2) is 30.6 Å². The molecule has 0 bridgehead atoms. The normalized spacial score (nSPS) is 11.7. The van der Waals surface area contributed by atoms with Gasteiger partial charge in [-0.2, -0.15) is 0 Å². The molecule has 0 saturated heterocycles. The van der Waals surface area contributed by atoms with Crippen molar-refractivity contribution in [3.05, 3.63) is 40.9 Å². The number of aryl methyl sites for hydroxylation is 1. The molecule has 3 N–H and O–H groups in total. The van der Waals surface area contributed by atoms with Crippen LogP contribution in [0.1, 0.15) is 11.6 Å². The van der Waals surface area contributed by atoms with Gasteiger partial charge in [-0.3, -0.25) is 4.79 Å². The van der Waals surface area contributed by atoms with Crippen LogP contribution in [0.5, 0.6) is 0 Å². The first kappa shape index (κ1) is 19.4. The predicted octanol–water partition coefficient (Wildman–Crippen LogP) is 2.32. The highest BCUT2D eigenvalue weighted by Crippen LogP contribution is 2.25. The third kappa shape index (κ3) is 5.21. The van der Waals surface area contributed by atoms with Gasteiger partial charge in [-0.25, -0.2) is 4.98 Å². The van der Waals surface area contributed by atoms with E-state index in [0.29, 0.717) is 16.7 Å². The number of methoxy groups -OCH3 is 1. The number of aromatic nitrogens is 1. The molecule has 0 fully saturated rings. The lowest BCUT2D eigenvalue weighted by Crippen LogP contribution is -2.43. The molecule has 2 rings (SSSR count). The van der Waals surface area contributed by atoms with E-state index in [0.717, 1.165) is 11.3 Å². The molecule has 6 nitrogen and oxygen atoms in total. The fourth-order valence-electron chi connectivity index (χ4n) is 1.95. The van der Waals surface area contributed by atoms with Crippen LogP contribution in [0.4, 0.5) is 0 Å². The second-order valence-corrected chi connectivity index (χ2v) is 5.25. The Labute approximate surface area is 145 Å². The van der Waals surface area contributed by atoms with Gasteiger partial charge in [0.15, 0.2) is 5.76 Å². The van der Waals surface area contributed by atoms with Gasteiger partial charge in [0.25, 0.3) is 0 Å². The molecule has 1 atom stereocenters. The maximum absolute atomic E-state index is 11.7. The van der Waals surface area contributed by atoms with Gasteiger partial charge in [0, 0.05) is 17.7 Å². The molecule has 2 aromatic rings. The van der Waals surface area contributed by atoms with E-state index in [2.05, 4.69) is 10.3 Å². The molecule has 0 aliphatic heterocycles. The van der Waals surface area contributed by atoms with Crippen molar-refractivity contribution in [1.82, 2.24) is 10.3 Å². The standard InChI is InChI=1S/C15H18ClN3O3.ClH/c1-9-14(10-3-5-11(16)6-4-10)22-13(19-9)7-18-15(20)12(17)8-21-2;/h3-6,12H,7-8,17H2,1-2H3,(H,18,20);1H. The van der Waals surface area contributed by atoms with Crippen LogP contribution in [0.3, 0.4) is 0 Å². The Balaban J connectivity index is 0.00000264. The average Bonchev–Trinajstić information content (AvgIpc) is 2.87. The number of nitrogens with one attached hydrogen (secondary N) is 1. The summed E-state index contributed by atoms with van der Waals surface area (Å²) in [4.78, 5) is 16.0. The first-order chi connectivity index (χ1) is 10.5. The number of benzene rings is 1. The minimum Gasteiger partial charge on any atom is -0.438 e. The van der Waals surface area contributed by atoms with Gasteiger partial charge in [-0.15, -0.1) is 12.4 Å². The zero-order chi connectivity index (χ0) is 16.1. The summed E-state index contributed by atoms with van der Waals surface area (Å²) in [5, 5.41) is 3.32. The van der Waals surface area contributed by atoms with Crippen LogP contribution in [0, 0.1) is 6.92 Å². The maximum Gasteiger partial charge on any atom is 0.239 e. The van der Waals surface area contributed by atoms with E-state index in [9.17, 15) is 4.79 Å². The summed E-state index contributed by atoms with van der Waals surface area (Å²) in [6.07, 6.45) is 0. The van der Waals surface area contributed by atoms with Gasteiger partial charge in [0.2, 0.25) is 11.8 Å². The lowest BCUT2D eigenvalue weighted by atomic mass is 10.1. The monoisotopic (exact) mass is 359 g/mol. The van der Waals surface area contributed by atoms with Crippen molar-refractivity contribution in [2.45, 2.75) is 19.5 Å². The molecule has 0 saturated carbocycles. The molecule has 8 heteroatoms. The summed E-state index contributed by atoms with van der Waals surface area (Å²) in [6, 6.07) is 6.56. The van der Waals surface area contributed by atoms with Crippen molar-refractivity contribution in [3.8, 4) is 11.3 Å². The molecular weight excluding hydrogens is 341 g/mol. The molecule has 1 heterocycles. The Morgan fingerprint density at radius 1 is 1.43 bits per heavy atom. The molecule has 1 aromatic carbocycles. The quantitative estimate of drug-likeness (QED) is 0.825. The van der Waals surface area contributed by atoms with Crippen LogP contribution < -0.4 is 11.1 Å². The number of ether oxygens (including phenoxy) is 1. The van der Waals surface area contributed by atoms with E-state index in [1.54, 1.807) is 12.1 Å². The summed E-state index contributed by atoms with van der Waals surface area (Å²) in [5.74, 6) is 0.758. The van der Waals surface area contributed by atoms with Gasteiger partial charge >= 0.3 is 0 Å². The van der Waals surface area contributed by atoms with Gasteiger partial charge in [0.05, 0.1) is 18.8 Å². The number of nitrogens with zero attached hydrogens (tertiary/aromatic N) is 1. The Morgan fingerprint density at radius 3 is 2.70 bits per heavy atom. The number of rotatable bonds is 6. The van der Waals surface area contributed by atoms with Crippen molar-refractivity contribution in [3.63, 3.8) is 0 Å². The number of hydrogen-bond donors (Lipinski definition) is 2. The molecule has 0 radical (unpaired) electrons. The molecule has 0 spiro atoms. The summed E-state index contributed by atoms with van der Waals surface area (Å²) in [5.41, 5.74) is 7.25. The summed E-state index contributed by atoms with van der Waals surface area (Å²) >= 11 is 5.87. The smallest absolute Gasteiger partial charge is 0.239 e. The van der Waals surface area contributed by atoms with Crippen molar-refractivity contribution < 1.29 is 13.9 Å². The van der Waals surface area contributed by atoms with Crippen LogP contribution in [0.2, 0.25) is 5.02 Å². The molecule has 0 aliphatic carbocycles. The topological polar surface area (TPSA) is 90.4 Å². The van der Waals surface area contributed by atoms with Gasteiger partial charge < -0.3 is 20.2 Å². The van der Waals surface area contributed by atoms with Gasteiger partial charge in [-0.05, 0) is 31.2 Å². The lowest BCUT2D eigenvalue weighted by Gasteiger charge is -2.09. The largest absolute Gasteiger partial charge is 0.438 e. The highest BCUT2D eigenvalue weighted by Gasteiger charge is 2.15. The number of amides is 1. The zero-order valence-electron chi connectivity index (χ0n) is 12.8.